The molecule has 2 aromatic rings. The van der Waals surface area contributed by atoms with Crippen LogP contribution in [0.4, 0.5) is 0 Å². The summed E-state index contributed by atoms with van der Waals surface area (Å²) < 4.78 is 5.39. The van der Waals surface area contributed by atoms with E-state index in [0.717, 1.165) is 22.8 Å². The van der Waals surface area contributed by atoms with Gasteiger partial charge in [-0.1, -0.05) is 6.07 Å². The van der Waals surface area contributed by atoms with Crippen LogP contribution in [0.15, 0.2) is 34.9 Å². The van der Waals surface area contributed by atoms with Crippen molar-refractivity contribution in [3.63, 3.8) is 0 Å². The molecule has 0 fully saturated rings. The van der Waals surface area contributed by atoms with E-state index in [0.29, 0.717) is 6.42 Å². The minimum Gasteiger partial charge on any atom is -0.466 e. The van der Waals surface area contributed by atoms with Gasteiger partial charge in [0.05, 0.1) is 6.10 Å². The molecule has 0 aliphatic heterocycles. The lowest BCUT2D eigenvalue weighted by atomic mass is 10.1. The maximum absolute atomic E-state index is 10.1. The van der Waals surface area contributed by atoms with E-state index in [1.807, 2.05) is 38.1 Å². The Morgan fingerprint density at radius 2 is 2.19 bits per heavy atom. The van der Waals surface area contributed by atoms with Gasteiger partial charge in [-0.15, -0.1) is 0 Å². The van der Waals surface area contributed by atoms with Crippen LogP contribution < -0.4 is 0 Å². The molecule has 3 heteroatoms. The van der Waals surface area contributed by atoms with Crippen molar-refractivity contribution >= 4 is 0 Å². The van der Waals surface area contributed by atoms with E-state index >= 15 is 0 Å². The summed E-state index contributed by atoms with van der Waals surface area (Å²) in [4.78, 5) is 4.19. The predicted octanol–water partition coefficient (Wildman–Crippen LogP) is 2.57. The minimum atomic E-state index is -0.549. The van der Waals surface area contributed by atoms with Crippen LogP contribution in [-0.2, 0) is 6.42 Å². The summed E-state index contributed by atoms with van der Waals surface area (Å²) in [7, 11) is 0. The Balaban J connectivity index is 2.14. The quantitative estimate of drug-likeness (QED) is 0.859. The molecule has 0 amide bonds. The Morgan fingerprint density at radius 3 is 2.75 bits per heavy atom. The molecule has 84 valence electrons. The van der Waals surface area contributed by atoms with Gasteiger partial charge in [0.2, 0.25) is 0 Å². The van der Waals surface area contributed by atoms with Gasteiger partial charge in [0, 0.05) is 23.9 Å². The van der Waals surface area contributed by atoms with Crippen molar-refractivity contribution in [3.8, 4) is 0 Å². The van der Waals surface area contributed by atoms with E-state index in [4.69, 9.17) is 4.42 Å². The summed E-state index contributed by atoms with van der Waals surface area (Å²) in [6.07, 6.45) is 1.70. The van der Waals surface area contributed by atoms with Gasteiger partial charge in [-0.05, 0) is 32.0 Å². The zero-order chi connectivity index (χ0) is 11.5. The number of hydrogen-bond donors (Lipinski definition) is 1. The van der Waals surface area contributed by atoms with E-state index < -0.39 is 6.10 Å². The van der Waals surface area contributed by atoms with Crippen LogP contribution >= 0.6 is 0 Å². The van der Waals surface area contributed by atoms with Crippen molar-refractivity contribution < 1.29 is 9.52 Å². The van der Waals surface area contributed by atoms with Crippen LogP contribution in [0.25, 0.3) is 0 Å². The molecule has 1 N–H and O–H groups in total. The number of aromatic nitrogens is 1. The van der Waals surface area contributed by atoms with Crippen molar-refractivity contribution in [1.29, 1.82) is 0 Å². The molecular weight excluding hydrogens is 202 g/mol. The molecule has 2 heterocycles. The number of hydrogen-bond acceptors (Lipinski definition) is 3. The molecule has 2 rings (SSSR count). The second-order valence-corrected chi connectivity index (χ2v) is 3.91. The van der Waals surface area contributed by atoms with E-state index in [-0.39, 0.29) is 0 Å². The average molecular weight is 217 g/mol. The Kier molecular flexibility index (Phi) is 3.06. The Labute approximate surface area is 94.8 Å². The first kappa shape index (κ1) is 10.9. The molecule has 0 aromatic carbocycles. The fourth-order valence-electron chi connectivity index (χ4n) is 1.81. The largest absolute Gasteiger partial charge is 0.466 e. The molecule has 0 radical (unpaired) electrons. The fourth-order valence-corrected chi connectivity index (χ4v) is 1.81. The molecule has 0 aliphatic carbocycles. The lowest BCUT2D eigenvalue weighted by molar-refractivity contribution is 0.175. The SMILES string of the molecule is Cc1cc(C(O)Cc2ccccn2)c(C)o1. The normalized spacial score (nSPS) is 12.7. The third kappa shape index (κ3) is 2.31. The fraction of sp³-hybridized carbons (Fsp3) is 0.308. The molecule has 0 saturated heterocycles. The number of nitrogens with zero attached hydrogens (tertiary/aromatic N) is 1. The summed E-state index contributed by atoms with van der Waals surface area (Å²) in [5.41, 5.74) is 1.73. The molecule has 2 aromatic heterocycles. The highest BCUT2D eigenvalue weighted by Gasteiger charge is 2.15. The maximum atomic E-state index is 10.1. The zero-order valence-electron chi connectivity index (χ0n) is 9.47. The van der Waals surface area contributed by atoms with E-state index in [1.54, 1.807) is 6.20 Å². The number of rotatable bonds is 3. The highest BCUT2D eigenvalue weighted by molar-refractivity contribution is 5.24. The highest BCUT2D eigenvalue weighted by Crippen LogP contribution is 2.23. The summed E-state index contributed by atoms with van der Waals surface area (Å²) in [6, 6.07) is 7.57. The summed E-state index contributed by atoms with van der Waals surface area (Å²) in [6.45, 7) is 3.74. The first-order valence-electron chi connectivity index (χ1n) is 5.31. The van der Waals surface area contributed by atoms with Crippen LogP contribution in [0.1, 0.15) is 28.9 Å². The Bertz CT molecular complexity index is 462. The Hall–Kier alpha value is -1.61. The average Bonchev–Trinajstić information content (AvgIpc) is 2.59. The smallest absolute Gasteiger partial charge is 0.106 e. The first-order valence-corrected chi connectivity index (χ1v) is 5.31. The molecule has 0 saturated carbocycles. The predicted molar refractivity (Wildman–Crippen MR) is 61.1 cm³/mol. The summed E-state index contributed by atoms with van der Waals surface area (Å²) in [5, 5.41) is 10.1. The number of aliphatic hydroxyl groups excluding tert-OH is 1. The number of aliphatic hydroxyl groups is 1. The monoisotopic (exact) mass is 217 g/mol. The summed E-state index contributed by atoms with van der Waals surface area (Å²) >= 11 is 0. The molecule has 0 spiro atoms. The number of furan rings is 1. The van der Waals surface area contributed by atoms with Crippen molar-refractivity contribution in [2.75, 3.05) is 0 Å². The second-order valence-electron chi connectivity index (χ2n) is 3.91. The molecule has 1 atom stereocenters. The van der Waals surface area contributed by atoms with E-state index in [1.165, 1.54) is 0 Å². The minimum absolute atomic E-state index is 0.515. The number of pyridine rings is 1. The standard InChI is InChI=1S/C13H15NO2/c1-9-7-12(10(2)16-9)13(15)8-11-5-3-4-6-14-11/h3-7,13,15H,8H2,1-2H3. The van der Waals surface area contributed by atoms with Gasteiger partial charge in [0.15, 0.2) is 0 Å². The van der Waals surface area contributed by atoms with Crippen LogP contribution in [0.3, 0.4) is 0 Å². The van der Waals surface area contributed by atoms with Gasteiger partial charge in [-0.25, -0.2) is 0 Å². The van der Waals surface area contributed by atoms with Gasteiger partial charge < -0.3 is 9.52 Å². The van der Waals surface area contributed by atoms with Gasteiger partial charge in [-0.3, -0.25) is 4.98 Å². The van der Waals surface area contributed by atoms with Gasteiger partial charge in [-0.2, -0.15) is 0 Å². The van der Waals surface area contributed by atoms with Crippen LogP contribution in [0, 0.1) is 13.8 Å². The molecular formula is C13H15NO2. The van der Waals surface area contributed by atoms with Crippen molar-refractivity contribution in [3.05, 3.63) is 53.2 Å². The second kappa shape index (κ2) is 4.49. The topological polar surface area (TPSA) is 46.3 Å². The van der Waals surface area contributed by atoms with Gasteiger partial charge >= 0.3 is 0 Å². The van der Waals surface area contributed by atoms with Crippen molar-refractivity contribution in [1.82, 2.24) is 4.98 Å². The maximum Gasteiger partial charge on any atom is 0.106 e. The molecule has 3 nitrogen and oxygen atoms in total. The summed E-state index contributed by atoms with van der Waals surface area (Å²) in [5.74, 6) is 1.61. The van der Waals surface area contributed by atoms with Crippen molar-refractivity contribution in [2.24, 2.45) is 0 Å². The van der Waals surface area contributed by atoms with Crippen LogP contribution in [-0.4, -0.2) is 10.1 Å². The molecule has 0 aliphatic rings. The van der Waals surface area contributed by atoms with E-state index in [9.17, 15) is 5.11 Å². The Morgan fingerprint density at radius 1 is 1.38 bits per heavy atom. The number of aryl methyl sites for hydroxylation is 2. The van der Waals surface area contributed by atoms with Crippen LogP contribution in [0.5, 0.6) is 0 Å². The molecule has 0 bridgehead atoms. The van der Waals surface area contributed by atoms with Crippen molar-refractivity contribution in [2.45, 2.75) is 26.4 Å². The van der Waals surface area contributed by atoms with Gasteiger partial charge in [0.25, 0.3) is 0 Å². The van der Waals surface area contributed by atoms with Crippen LogP contribution in [0.2, 0.25) is 0 Å². The molecule has 1 unspecified atom stereocenters. The molecule has 16 heavy (non-hydrogen) atoms. The lowest BCUT2D eigenvalue weighted by Gasteiger charge is -2.08. The lowest BCUT2D eigenvalue weighted by Crippen LogP contribution is -2.03. The van der Waals surface area contributed by atoms with E-state index in [2.05, 4.69) is 4.98 Å². The third-order valence-electron chi connectivity index (χ3n) is 2.57. The highest BCUT2D eigenvalue weighted by atomic mass is 16.3. The zero-order valence-corrected chi connectivity index (χ0v) is 9.47. The third-order valence-corrected chi connectivity index (χ3v) is 2.57. The van der Waals surface area contributed by atoms with Gasteiger partial charge in [0.1, 0.15) is 11.5 Å². The first-order chi connectivity index (χ1) is 7.66.